The van der Waals surface area contributed by atoms with Gasteiger partial charge in [-0.3, -0.25) is 9.69 Å². The van der Waals surface area contributed by atoms with Crippen LogP contribution in [0.4, 0.5) is 0 Å². The zero-order valence-corrected chi connectivity index (χ0v) is 23.5. The Morgan fingerprint density at radius 2 is 1.61 bits per heavy atom. The summed E-state index contributed by atoms with van der Waals surface area (Å²) in [6, 6.07) is 20.8. The lowest BCUT2D eigenvalue weighted by molar-refractivity contribution is -0.149. The van der Waals surface area contributed by atoms with E-state index in [4.69, 9.17) is 9.47 Å². The predicted octanol–water partition coefficient (Wildman–Crippen LogP) is 7.70. The first-order valence-electron chi connectivity index (χ1n) is 14.4. The summed E-state index contributed by atoms with van der Waals surface area (Å²) in [7, 11) is 0. The molecule has 0 N–H and O–H groups in total. The third kappa shape index (κ3) is 6.23. The molecule has 3 aromatic carbocycles. The molecule has 202 valence electrons. The number of carbonyl (C=O) groups excluding carboxylic acids is 1. The van der Waals surface area contributed by atoms with Gasteiger partial charge in [0.25, 0.3) is 0 Å². The molecule has 4 nitrogen and oxygen atoms in total. The number of nitrogens with zero attached hydrogens (tertiary/aromatic N) is 1. The quantitative estimate of drug-likeness (QED) is 0.304. The third-order valence-electron chi connectivity index (χ3n) is 8.73. The van der Waals surface area contributed by atoms with Gasteiger partial charge in [0.05, 0.1) is 12.0 Å². The zero-order chi connectivity index (χ0) is 26.7. The second kappa shape index (κ2) is 11.5. The van der Waals surface area contributed by atoms with Crippen molar-refractivity contribution in [3.05, 3.63) is 77.4 Å². The Hall–Kier alpha value is -2.85. The van der Waals surface area contributed by atoms with Crippen LogP contribution in [0.3, 0.4) is 0 Å². The van der Waals surface area contributed by atoms with Crippen LogP contribution in [0.5, 0.6) is 5.75 Å². The number of rotatable bonds is 7. The minimum absolute atomic E-state index is 0.0764. The SMILES string of the molecule is Cc1cc(OC2CCC(C(C)(C)C)CC2)c(CN2CC[C@@H](C(=O)OCc3ccccc3)C2)c2ccccc12. The molecule has 0 aromatic heterocycles. The van der Waals surface area contributed by atoms with Crippen LogP contribution in [-0.2, 0) is 22.7 Å². The van der Waals surface area contributed by atoms with Gasteiger partial charge in [0.1, 0.15) is 12.4 Å². The van der Waals surface area contributed by atoms with Gasteiger partial charge in [-0.05, 0) is 84.9 Å². The summed E-state index contributed by atoms with van der Waals surface area (Å²) in [5.74, 6) is 1.63. The molecule has 0 radical (unpaired) electrons. The molecule has 2 aliphatic rings. The second-order valence-corrected chi connectivity index (χ2v) is 12.5. The van der Waals surface area contributed by atoms with E-state index in [-0.39, 0.29) is 18.0 Å². The fraction of sp³-hybridized carbons (Fsp3) is 0.500. The summed E-state index contributed by atoms with van der Waals surface area (Å²) in [5.41, 5.74) is 3.90. The average molecular weight is 514 g/mol. The molecule has 4 heteroatoms. The van der Waals surface area contributed by atoms with E-state index in [1.807, 2.05) is 30.3 Å². The van der Waals surface area contributed by atoms with Crippen molar-refractivity contribution in [1.82, 2.24) is 4.90 Å². The maximum absolute atomic E-state index is 12.8. The minimum atomic E-state index is -0.0859. The number of benzene rings is 3. The highest BCUT2D eigenvalue weighted by atomic mass is 16.5. The number of ether oxygens (including phenoxy) is 2. The van der Waals surface area contributed by atoms with E-state index in [9.17, 15) is 4.79 Å². The average Bonchev–Trinajstić information content (AvgIpc) is 3.39. The van der Waals surface area contributed by atoms with E-state index in [1.165, 1.54) is 34.7 Å². The minimum Gasteiger partial charge on any atom is -0.490 e. The molecule has 5 rings (SSSR count). The number of carbonyl (C=O) groups is 1. The Morgan fingerprint density at radius 3 is 2.32 bits per heavy atom. The highest BCUT2D eigenvalue weighted by molar-refractivity contribution is 5.90. The summed E-state index contributed by atoms with van der Waals surface area (Å²) in [5, 5.41) is 2.55. The fourth-order valence-electron chi connectivity index (χ4n) is 6.32. The van der Waals surface area contributed by atoms with Gasteiger partial charge in [-0.1, -0.05) is 75.4 Å². The van der Waals surface area contributed by atoms with Gasteiger partial charge in [0.15, 0.2) is 0 Å². The van der Waals surface area contributed by atoms with Crippen LogP contribution in [0, 0.1) is 24.2 Å². The lowest BCUT2D eigenvalue weighted by Crippen LogP contribution is -2.31. The molecule has 0 bridgehead atoms. The van der Waals surface area contributed by atoms with Crippen molar-refractivity contribution >= 4 is 16.7 Å². The lowest BCUT2D eigenvalue weighted by Gasteiger charge is -2.37. The Balaban J connectivity index is 1.28. The summed E-state index contributed by atoms with van der Waals surface area (Å²) >= 11 is 0. The molecular weight excluding hydrogens is 470 g/mol. The van der Waals surface area contributed by atoms with Crippen molar-refractivity contribution in [2.45, 2.75) is 79.1 Å². The van der Waals surface area contributed by atoms with Crippen LogP contribution >= 0.6 is 0 Å². The summed E-state index contributed by atoms with van der Waals surface area (Å²) in [4.78, 5) is 15.2. The molecule has 1 aliphatic carbocycles. The number of likely N-dealkylation sites (tertiary alicyclic amines) is 1. The first-order chi connectivity index (χ1) is 18.3. The van der Waals surface area contributed by atoms with Crippen molar-refractivity contribution in [2.24, 2.45) is 17.3 Å². The summed E-state index contributed by atoms with van der Waals surface area (Å²) in [6.45, 7) is 12.0. The van der Waals surface area contributed by atoms with Gasteiger partial charge in [-0.25, -0.2) is 0 Å². The van der Waals surface area contributed by atoms with Gasteiger partial charge in [-0.15, -0.1) is 0 Å². The molecule has 1 saturated carbocycles. The molecule has 1 atom stereocenters. The van der Waals surface area contributed by atoms with Crippen molar-refractivity contribution in [3.63, 3.8) is 0 Å². The van der Waals surface area contributed by atoms with Crippen LogP contribution in [0.2, 0.25) is 0 Å². The van der Waals surface area contributed by atoms with Crippen LogP contribution in [0.1, 0.15) is 69.6 Å². The van der Waals surface area contributed by atoms with Crippen LogP contribution in [0.25, 0.3) is 10.8 Å². The van der Waals surface area contributed by atoms with Crippen LogP contribution in [0.15, 0.2) is 60.7 Å². The second-order valence-electron chi connectivity index (χ2n) is 12.5. The number of aryl methyl sites for hydroxylation is 1. The third-order valence-corrected chi connectivity index (χ3v) is 8.73. The Morgan fingerprint density at radius 1 is 0.921 bits per heavy atom. The predicted molar refractivity (Wildman–Crippen MR) is 154 cm³/mol. The largest absolute Gasteiger partial charge is 0.490 e. The molecule has 0 spiro atoms. The van der Waals surface area contributed by atoms with Crippen molar-refractivity contribution in [3.8, 4) is 5.75 Å². The van der Waals surface area contributed by atoms with E-state index in [1.54, 1.807) is 0 Å². The summed E-state index contributed by atoms with van der Waals surface area (Å²) in [6.07, 6.45) is 5.81. The van der Waals surface area contributed by atoms with Gasteiger partial charge < -0.3 is 9.47 Å². The fourth-order valence-corrected chi connectivity index (χ4v) is 6.32. The van der Waals surface area contributed by atoms with E-state index < -0.39 is 0 Å². The lowest BCUT2D eigenvalue weighted by atomic mass is 9.72. The van der Waals surface area contributed by atoms with Gasteiger partial charge in [0.2, 0.25) is 0 Å². The molecule has 2 fully saturated rings. The van der Waals surface area contributed by atoms with Crippen molar-refractivity contribution < 1.29 is 14.3 Å². The van der Waals surface area contributed by atoms with Crippen LogP contribution < -0.4 is 4.74 Å². The zero-order valence-electron chi connectivity index (χ0n) is 23.5. The standard InChI is InChI=1S/C34H43NO3/c1-24-20-32(38-28-16-14-27(15-17-28)34(2,3)4)31(30-13-9-8-12-29(24)30)22-35-19-18-26(21-35)33(36)37-23-25-10-6-5-7-11-25/h5-13,20,26-28H,14-19,21-23H2,1-4H3/t26-,27?,28?/m1/s1. The van der Waals surface area contributed by atoms with E-state index in [0.717, 1.165) is 56.1 Å². The molecular formula is C34H43NO3. The monoisotopic (exact) mass is 513 g/mol. The smallest absolute Gasteiger partial charge is 0.310 e. The first kappa shape index (κ1) is 26.7. The van der Waals surface area contributed by atoms with Crippen molar-refractivity contribution in [1.29, 1.82) is 0 Å². The molecule has 38 heavy (non-hydrogen) atoms. The van der Waals surface area contributed by atoms with Gasteiger partial charge in [0, 0.05) is 18.7 Å². The topological polar surface area (TPSA) is 38.8 Å². The van der Waals surface area contributed by atoms with Crippen LogP contribution in [-0.4, -0.2) is 30.1 Å². The number of esters is 1. The number of hydrogen-bond donors (Lipinski definition) is 0. The maximum atomic E-state index is 12.8. The van der Waals surface area contributed by atoms with Gasteiger partial charge in [-0.2, -0.15) is 0 Å². The molecule has 1 heterocycles. The maximum Gasteiger partial charge on any atom is 0.310 e. The van der Waals surface area contributed by atoms with E-state index >= 15 is 0 Å². The highest BCUT2D eigenvalue weighted by Gasteiger charge is 2.32. The van der Waals surface area contributed by atoms with E-state index in [0.29, 0.717) is 12.0 Å². The molecule has 1 saturated heterocycles. The summed E-state index contributed by atoms with van der Waals surface area (Å²) < 4.78 is 12.5. The molecule has 1 aliphatic heterocycles. The Bertz CT molecular complexity index is 1240. The van der Waals surface area contributed by atoms with E-state index in [2.05, 4.69) is 62.9 Å². The van der Waals surface area contributed by atoms with Gasteiger partial charge >= 0.3 is 5.97 Å². The molecule has 0 unspecified atom stereocenters. The Kier molecular flexibility index (Phi) is 8.09. The highest BCUT2D eigenvalue weighted by Crippen LogP contribution is 2.40. The number of fused-ring (bicyclic) bond motifs is 1. The number of hydrogen-bond acceptors (Lipinski definition) is 4. The normalized spacial score (nSPS) is 22.5. The van der Waals surface area contributed by atoms with Crippen molar-refractivity contribution in [2.75, 3.05) is 13.1 Å². The molecule has 3 aromatic rings. The first-order valence-corrected chi connectivity index (χ1v) is 14.4. The molecule has 0 amide bonds. The Labute approximate surface area is 228 Å².